The van der Waals surface area contributed by atoms with Gasteiger partial charge in [-0.15, -0.1) is 0 Å². The fourth-order valence-electron chi connectivity index (χ4n) is 7.51. The van der Waals surface area contributed by atoms with Crippen molar-refractivity contribution in [1.82, 2.24) is 14.7 Å². The van der Waals surface area contributed by atoms with Crippen LogP contribution in [0.3, 0.4) is 0 Å². The molecule has 2 N–H and O–H groups in total. The first kappa shape index (κ1) is 34.4. The van der Waals surface area contributed by atoms with Gasteiger partial charge in [-0.1, -0.05) is 29.8 Å². The van der Waals surface area contributed by atoms with E-state index < -0.39 is 17.7 Å². The molecule has 1 aliphatic carbocycles. The maximum Gasteiger partial charge on any atom is 0.306 e. The van der Waals surface area contributed by atoms with Crippen LogP contribution in [0.2, 0.25) is 5.02 Å². The molecule has 2 aliphatic heterocycles. The summed E-state index contributed by atoms with van der Waals surface area (Å²) in [6, 6.07) is 10.4. The van der Waals surface area contributed by atoms with E-state index in [4.69, 9.17) is 20.8 Å². The van der Waals surface area contributed by atoms with Gasteiger partial charge in [0.2, 0.25) is 5.91 Å². The lowest BCUT2D eigenvalue weighted by atomic mass is 9.87. The Labute approximate surface area is 285 Å². The number of ether oxygens (including phenoxy) is 1. The van der Waals surface area contributed by atoms with Crippen LogP contribution in [0, 0.1) is 11.7 Å². The standard InChI is InChI=1S/C36H44ClFN4O6/c1-21-16-41(17-22(2)40(21)3)25-14-26(19-47-27-10-8-23(9-11-27)36(45)46)42(18-25)34(43)13-24-12-30(37)32(15-31(24)38)39-35(44)29-20-48-33-7-5-4-6-28(29)33/h4-7,12,15,20-23,25-27H,8-11,13-14,16-19H2,1-3H3,(H,39,44)(H,45,46)/t21-,22+,23-,25-,26-,27-/m0/s1. The number of halogens is 2. The zero-order valence-electron chi connectivity index (χ0n) is 27.7. The number of anilines is 1. The number of nitrogens with one attached hydrogen (secondary N) is 1. The average molecular weight is 683 g/mol. The van der Waals surface area contributed by atoms with Gasteiger partial charge in [0.05, 0.1) is 47.4 Å². The Balaban J connectivity index is 1.14. The maximum absolute atomic E-state index is 15.5. The van der Waals surface area contributed by atoms with E-state index in [0.717, 1.165) is 25.6 Å². The normalized spacial score (nSPS) is 27.0. The number of carbonyl (C=O) groups is 3. The SMILES string of the molecule is C[C@@H]1CN([C@H]2C[C@@H](CO[C@H]3CC[C@H](C(=O)O)CC3)N(C(=O)Cc3cc(Cl)c(NC(=O)c4coc5ccccc45)cc3F)C2)C[C@H](C)N1C. The third-order valence-electron chi connectivity index (χ3n) is 10.6. The van der Waals surface area contributed by atoms with Gasteiger partial charge in [-0.05, 0) is 76.8 Å². The van der Waals surface area contributed by atoms with Crippen LogP contribution in [0.15, 0.2) is 47.1 Å². The van der Waals surface area contributed by atoms with Crippen molar-refractivity contribution in [2.75, 3.05) is 38.6 Å². The van der Waals surface area contributed by atoms with Crippen molar-refractivity contribution in [1.29, 1.82) is 0 Å². The van der Waals surface area contributed by atoms with E-state index in [1.807, 2.05) is 4.90 Å². The molecule has 0 radical (unpaired) electrons. The Bertz CT molecular complexity index is 1650. The Morgan fingerprint density at radius 3 is 2.48 bits per heavy atom. The van der Waals surface area contributed by atoms with Gasteiger partial charge in [0.25, 0.3) is 5.91 Å². The zero-order chi connectivity index (χ0) is 34.1. The molecule has 3 aromatic rings. The monoisotopic (exact) mass is 682 g/mol. The predicted octanol–water partition coefficient (Wildman–Crippen LogP) is 5.67. The third kappa shape index (κ3) is 7.39. The average Bonchev–Trinajstić information content (AvgIpc) is 3.70. The highest BCUT2D eigenvalue weighted by atomic mass is 35.5. The minimum atomic E-state index is -0.756. The van der Waals surface area contributed by atoms with E-state index in [-0.39, 0.29) is 52.7 Å². The smallest absolute Gasteiger partial charge is 0.306 e. The number of carbonyl (C=O) groups excluding carboxylic acids is 2. The molecule has 2 saturated heterocycles. The molecule has 10 nitrogen and oxygen atoms in total. The number of likely N-dealkylation sites (N-methyl/N-ethyl adjacent to an activating group) is 1. The van der Waals surface area contributed by atoms with Gasteiger partial charge in [0, 0.05) is 43.1 Å². The molecule has 0 bridgehead atoms. The van der Waals surface area contributed by atoms with Crippen molar-refractivity contribution < 1.29 is 33.0 Å². The number of para-hydroxylation sites is 1. The maximum atomic E-state index is 15.5. The summed E-state index contributed by atoms with van der Waals surface area (Å²) in [5, 5.41) is 12.8. The topological polar surface area (TPSA) is 116 Å². The summed E-state index contributed by atoms with van der Waals surface area (Å²) >= 11 is 6.53. The number of fused-ring (bicyclic) bond motifs is 1. The number of carboxylic acids is 1. The summed E-state index contributed by atoms with van der Waals surface area (Å²) in [6.45, 7) is 7.08. The molecular weight excluding hydrogens is 639 g/mol. The number of aliphatic carboxylic acids is 1. The first-order valence-electron chi connectivity index (χ1n) is 16.8. The van der Waals surface area contributed by atoms with Crippen LogP contribution in [0.1, 0.15) is 61.9 Å². The number of likely N-dealkylation sites (tertiary alicyclic amines) is 1. The number of piperazine rings is 1. The van der Waals surface area contributed by atoms with Gasteiger partial charge in [-0.2, -0.15) is 0 Å². The van der Waals surface area contributed by atoms with Gasteiger partial charge < -0.3 is 24.5 Å². The Kier molecular flexibility index (Phi) is 10.4. The lowest BCUT2D eigenvalue weighted by Crippen LogP contribution is -2.58. The van der Waals surface area contributed by atoms with E-state index in [1.54, 1.807) is 24.3 Å². The highest BCUT2D eigenvalue weighted by Crippen LogP contribution is 2.32. The van der Waals surface area contributed by atoms with Crippen molar-refractivity contribution in [3.63, 3.8) is 0 Å². The lowest BCUT2D eigenvalue weighted by Gasteiger charge is -2.44. The van der Waals surface area contributed by atoms with Gasteiger partial charge in [-0.25, -0.2) is 4.39 Å². The summed E-state index contributed by atoms with van der Waals surface area (Å²) in [5.41, 5.74) is 1.11. The number of furan rings is 1. The highest BCUT2D eigenvalue weighted by Gasteiger charge is 2.41. The van der Waals surface area contributed by atoms with E-state index in [2.05, 4.69) is 36.0 Å². The number of carboxylic acid groups (broad SMARTS) is 1. The number of amides is 2. The van der Waals surface area contributed by atoms with Gasteiger partial charge in [-0.3, -0.25) is 24.2 Å². The fraction of sp³-hybridized carbons (Fsp3) is 0.528. The molecule has 12 heteroatoms. The summed E-state index contributed by atoms with van der Waals surface area (Å²) in [7, 11) is 2.14. The molecule has 1 aromatic heterocycles. The van der Waals surface area contributed by atoms with Crippen LogP contribution >= 0.6 is 11.6 Å². The van der Waals surface area contributed by atoms with Crippen LogP contribution in [-0.2, 0) is 20.7 Å². The Morgan fingerprint density at radius 1 is 1.06 bits per heavy atom. The molecule has 1 saturated carbocycles. The second-order valence-electron chi connectivity index (χ2n) is 13.8. The van der Waals surface area contributed by atoms with Gasteiger partial charge in [0.1, 0.15) is 17.7 Å². The number of benzene rings is 2. The number of hydrogen-bond acceptors (Lipinski definition) is 7. The second kappa shape index (κ2) is 14.5. The molecular formula is C36H44ClFN4O6. The first-order chi connectivity index (χ1) is 23.0. The molecule has 2 amide bonds. The van der Waals surface area contributed by atoms with E-state index in [1.165, 1.54) is 12.3 Å². The Hall–Kier alpha value is -3.51. The minimum absolute atomic E-state index is 0.0423. The van der Waals surface area contributed by atoms with E-state index in [9.17, 15) is 19.5 Å². The third-order valence-corrected chi connectivity index (χ3v) is 10.9. The fourth-order valence-corrected chi connectivity index (χ4v) is 7.75. The number of nitrogens with zero attached hydrogens (tertiary/aromatic N) is 3. The van der Waals surface area contributed by atoms with Crippen molar-refractivity contribution in [3.05, 3.63) is 64.6 Å². The molecule has 3 fully saturated rings. The van der Waals surface area contributed by atoms with Crippen molar-refractivity contribution in [3.8, 4) is 0 Å². The molecule has 0 spiro atoms. The summed E-state index contributed by atoms with van der Waals surface area (Å²) in [6.07, 6.45) is 4.40. The molecule has 6 rings (SSSR count). The van der Waals surface area contributed by atoms with Gasteiger partial charge >= 0.3 is 5.97 Å². The molecule has 258 valence electrons. The van der Waals surface area contributed by atoms with Crippen molar-refractivity contribution in [2.24, 2.45) is 5.92 Å². The molecule has 3 heterocycles. The summed E-state index contributed by atoms with van der Waals surface area (Å²) < 4.78 is 27.3. The van der Waals surface area contributed by atoms with Crippen LogP contribution < -0.4 is 5.32 Å². The molecule has 2 aromatic carbocycles. The van der Waals surface area contributed by atoms with E-state index >= 15 is 4.39 Å². The summed E-state index contributed by atoms with van der Waals surface area (Å²) in [4.78, 5) is 45.0. The largest absolute Gasteiger partial charge is 0.481 e. The van der Waals surface area contributed by atoms with Gasteiger partial charge in [0.15, 0.2) is 0 Å². The number of hydrogen-bond donors (Lipinski definition) is 2. The second-order valence-corrected chi connectivity index (χ2v) is 14.2. The van der Waals surface area contributed by atoms with E-state index in [0.29, 0.717) is 67.5 Å². The first-order valence-corrected chi connectivity index (χ1v) is 17.2. The van der Waals surface area contributed by atoms with Crippen molar-refractivity contribution >= 4 is 46.0 Å². The molecule has 0 unspecified atom stereocenters. The van der Waals surface area contributed by atoms with Crippen LogP contribution in [0.5, 0.6) is 0 Å². The zero-order valence-corrected chi connectivity index (χ0v) is 28.4. The summed E-state index contributed by atoms with van der Waals surface area (Å²) in [5.74, 6) is -2.42. The number of rotatable bonds is 9. The van der Waals surface area contributed by atoms with Crippen LogP contribution in [0.4, 0.5) is 10.1 Å². The Morgan fingerprint density at radius 2 is 1.77 bits per heavy atom. The predicted molar refractivity (Wildman–Crippen MR) is 181 cm³/mol. The van der Waals surface area contributed by atoms with Crippen molar-refractivity contribution in [2.45, 2.75) is 82.6 Å². The highest BCUT2D eigenvalue weighted by molar-refractivity contribution is 6.34. The molecule has 4 atom stereocenters. The quantitative estimate of drug-likeness (QED) is 0.297. The van der Waals surface area contributed by atoms with Crippen LogP contribution in [0.25, 0.3) is 11.0 Å². The lowest BCUT2D eigenvalue weighted by molar-refractivity contribution is -0.144. The molecule has 3 aliphatic rings. The molecule has 48 heavy (non-hydrogen) atoms. The minimum Gasteiger partial charge on any atom is -0.481 e. The van der Waals surface area contributed by atoms with Crippen LogP contribution in [-0.4, -0.2) is 101 Å².